The minimum absolute atomic E-state index is 0.107. The number of anilines is 3. The van der Waals surface area contributed by atoms with Gasteiger partial charge in [0.2, 0.25) is 0 Å². The Hall–Kier alpha value is -6.58. The summed E-state index contributed by atoms with van der Waals surface area (Å²) in [7, 11) is 0. The summed E-state index contributed by atoms with van der Waals surface area (Å²) in [4.78, 5) is 2.36. The van der Waals surface area contributed by atoms with Gasteiger partial charge in [0, 0.05) is 55.5 Å². The van der Waals surface area contributed by atoms with Crippen LogP contribution in [-0.2, 0) is 5.41 Å². The molecule has 11 rings (SSSR count). The number of para-hydroxylation sites is 2. The lowest BCUT2D eigenvalue weighted by atomic mass is 9.82. The fourth-order valence-corrected chi connectivity index (χ4v) is 8.63. The summed E-state index contributed by atoms with van der Waals surface area (Å²) in [6.07, 6.45) is 0. The van der Waals surface area contributed by atoms with Gasteiger partial charge in [-0.1, -0.05) is 105 Å². The van der Waals surface area contributed by atoms with E-state index >= 15 is 0 Å². The smallest absolute Gasteiger partial charge is 0.143 e. The second-order valence-electron chi connectivity index (χ2n) is 14.5. The Morgan fingerprint density at radius 1 is 0.404 bits per heavy atom. The normalized spacial score (nSPS) is 13.3. The zero-order chi connectivity index (χ0) is 34.6. The van der Waals surface area contributed by atoms with Gasteiger partial charge < -0.3 is 13.7 Å². The molecule has 0 aliphatic heterocycles. The number of rotatable bonds is 4. The SMILES string of the molecule is CC1(C)c2ccccc2-c2ccc(N(c3ccc(-c4ccc5c(ccc6c7ccccc7oc56)c4)cc3)c3ccc4c(c3)oc3ccccc34)cc21. The van der Waals surface area contributed by atoms with Crippen LogP contribution in [0.3, 0.4) is 0 Å². The minimum atomic E-state index is -0.107. The number of hydrogen-bond acceptors (Lipinski definition) is 3. The summed E-state index contributed by atoms with van der Waals surface area (Å²) in [5.41, 5.74) is 14.5. The van der Waals surface area contributed by atoms with Crippen molar-refractivity contribution in [1.82, 2.24) is 0 Å². The lowest BCUT2D eigenvalue weighted by Crippen LogP contribution is -2.16. The molecule has 52 heavy (non-hydrogen) atoms. The Balaban J connectivity index is 1.03. The maximum atomic E-state index is 6.39. The van der Waals surface area contributed by atoms with Crippen LogP contribution in [0.1, 0.15) is 25.0 Å². The van der Waals surface area contributed by atoms with Crippen molar-refractivity contribution in [3.05, 3.63) is 175 Å². The van der Waals surface area contributed by atoms with E-state index in [4.69, 9.17) is 8.83 Å². The molecule has 0 fully saturated rings. The Bertz CT molecular complexity index is 3050. The molecule has 2 aromatic heterocycles. The van der Waals surface area contributed by atoms with Crippen molar-refractivity contribution in [1.29, 1.82) is 0 Å². The van der Waals surface area contributed by atoms with Gasteiger partial charge in [-0.05, 0) is 105 Å². The first-order valence-electron chi connectivity index (χ1n) is 17.9. The van der Waals surface area contributed by atoms with Gasteiger partial charge in [0.05, 0.1) is 0 Å². The third-order valence-electron chi connectivity index (χ3n) is 11.3. The quantitative estimate of drug-likeness (QED) is 0.187. The maximum Gasteiger partial charge on any atom is 0.143 e. The first-order valence-corrected chi connectivity index (χ1v) is 17.9. The third kappa shape index (κ3) is 4.20. The first kappa shape index (κ1) is 29.2. The molecule has 3 heteroatoms. The minimum Gasteiger partial charge on any atom is -0.456 e. The summed E-state index contributed by atoms with van der Waals surface area (Å²) in [6.45, 7) is 4.67. The van der Waals surface area contributed by atoms with Crippen molar-refractivity contribution in [3.63, 3.8) is 0 Å². The highest BCUT2D eigenvalue weighted by Gasteiger charge is 2.35. The molecular formula is C49H33NO2. The van der Waals surface area contributed by atoms with Crippen LogP contribution in [0.15, 0.2) is 173 Å². The molecule has 2 heterocycles. The zero-order valence-electron chi connectivity index (χ0n) is 28.9. The van der Waals surface area contributed by atoms with Gasteiger partial charge in [-0.15, -0.1) is 0 Å². The highest BCUT2D eigenvalue weighted by atomic mass is 16.3. The van der Waals surface area contributed by atoms with E-state index in [-0.39, 0.29) is 5.41 Å². The predicted octanol–water partition coefficient (Wildman–Crippen LogP) is 14.1. The molecule has 0 amide bonds. The molecule has 3 nitrogen and oxygen atoms in total. The summed E-state index contributed by atoms with van der Waals surface area (Å²) in [5.74, 6) is 0. The van der Waals surface area contributed by atoms with Crippen LogP contribution in [0.5, 0.6) is 0 Å². The number of fused-ring (bicyclic) bond motifs is 11. The molecule has 0 bridgehead atoms. The van der Waals surface area contributed by atoms with Crippen LogP contribution in [0, 0.1) is 0 Å². The first-order chi connectivity index (χ1) is 25.5. The van der Waals surface area contributed by atoms with Gasteiger partial charge >= 0.3 is 0 Å². The zero-order valence-corrected chi connectivity index (χ0v) is 28.9. The Morgan fingerprint density at radius 3 is 1.85 bits per heavy atom. The number of benzene rings is 8. The van der Waals surface area contributed by atoms with E-state index in [9.17, 15) is 0 Å². The highest BCUT2D eigenvalue weighted by Crippen LogP contribution is 2.51. The van der Waals surface area contributed by atoms with Crippen molar-refractivity contribution >= 4 is 71.7 Å². The van der Waals surface area contributed by atoms with Crippen LogP contribution < -0.4 is 4.90 Å². The summed E-state index contributed by atoms with van der Waals surface area (Å²) in [6, 6.07) is 58.9. The van der Waals surface area contributed by atoms with Crippen LogP contribution >= 0.6 is 0 Å². The molecule has 10 aromatic rings. The second kappa shape index (κ2) is 10.7. The molecule has 8 aromatic carbocycles. The Morgan fingerprint density at radius 2 is 1.00 bits per heavy atom. The van der Waals surface area contributed by atoms with E-state index in [0.29, 0.717) is 0 Å². The van der Waals surface area contributed by atoms with Crippen LogP contribution in [0.25, 0.3) is 76.9 Å². The molecule has 1 aliphatic rings. The van der Waals surface area contributed by atoms with Crippen LogP contribution in [0.2, 0.25) is 0 Å². The molecular weight excluding hydrogens is 635 g/mol. The Labute approximate surface area is 301 Å². The summed E-state index contributed by atoms with van der Waals surface area (Å²) in [5, 5.41) is 6.85. The number of furan rings is 2. The van der Waals surface area contributed by atoms with E-state index in [1.807, 2.05) is 24.3 Å². The van der Waals surface area contributed by atoms with Crippen molar-refractivity contribution in [2.24, 2.45) is 0 Å². The maximum absolute atomic E-state index is 6.39. The predicted molar refractivity (Wildman–Crippen MR) is 216 cm³/mol. The molecule has 0 N–H and O–H groups in total. The molecule has 0 saturated carbocycles. The molecule has 0 radical (unpaired) electrons. The molecule has 246 valence electrons. The Kier molecular flexibility index (Phi) is 6.01. The van der Waals surface area contributed by atoms with Gasteiger partial charge in [0.25, 0.3) is 0 Å². The van der Waals surface area contributed by atoms with Crippen molar-refractivity contribution < 1.29 is 8.83 Å². The molecule has 0 saturated heterocycles. The fourth-order valence-electron chi connectivity index (χ4n) is 8.63. The van der Waals surface area contributed by atoms with Crippen molar-refractivity contribution in [2.75, 3.05) is 4.90 Å². The van der Waals surface area contributed by atoms with Gasteiger partial charge in [0.15, 0.2) is 0 Å². The van der Waals surface area contributed by atoms with Gasteiger partial charge in [-0.2, -0.15) is 0 Å². The van der Waals surface area contributed by atoms with Crippen molar-refractivity contribution in [2.45, 2.75) is 19.3 Å². The van der Waals surface area contributed by atoms with Crippen LogP contribution in [-0.4, -0.2) is 0 Å². The second-order valence-corrected chi connectivity index (χ2v) is 14.5. The monoisotopic (exact) mass is 667 g/mol. The number of nitrogens with zero attached hydrogens (tertiary/aromatic N) is 1. The van der Waals surface area contributed by atoms with E-state index in [1.54, 1.807) is 0 Å². The van der Waals surface area contributed by atoms with E-state index in [0.717, 1.165) is 77.3 Å². The van der Waals surface area contributed by atoms with E-state index in [1.165, 1.54) is 27.8 Å². The number of hydrogen-bond donors (Lipinski definition) is 0. The fraction of sp³-hybridized carbons (Fsp3) is 0.0612. The molecule has 1 aliphatic carbocycles. The summed E-state index contributed by atoms with van der Waals surface area (Å²) >= 11 is 0. The van der Waals surface area contributed by atoms with Gasteiger partial charge in [-0.25, -0.2) is 0 Å². The topological polar surface area (TPSA) is 29.5 Å². The highest BCUT2D eigenvalue weighted by molar-refractivity contribution is 6.15. The van der Waals surface area contributed by atoms with E-state index < -0.39 is 0 Å². The summed E-state index contributed by atoms with van der Waals surface area (Å²) < 4.78 is 12.7. The van der Waals surface area contributed by atoms with Crippen LogP contribution in [0.4, 0.5) is 17.1 Å². The molecule has 0 atom stereocenters. The lowest BCUT2D eigenvalue weighted by molar-refractivity contribution is 0.660. The largest absolute Gasteiger partial charge is 0.456 e. The average Bonchev–Trinajstić information content (AvgIpc) is 3.83. The lowest BCUT2D eigenvalue weighted by Gasteiger charge is -2.28. The standard InChI is InChI=1S/C49H33NO2/c1-49(2)43-12-6-3-9-37(43)38-25-21-34(28-44(38)49)50(35-22-26-41-39-10-4-7-13-45(39)51-47(41)29-35)33-19-15-30(16-20-33)31-17-23-36-32(27-31)18-24-42-40-11-5-8-14-46(40)52-48(36)42/h3-29H,1-2H3. The van der Waals surface area contributed by atoms with Gasteiger partial charge in [0.1, 0.15) is 22.3 Å². The average molecular weight is 668 g/mol. The van der Waals surface area contributed by atoms with E-state index in [2.05, 4.69) is 158 Å². The molecule has 0 unspecified atom stereocenters. The van der Waals surface area contributed by atoms with Crippen molar-refractivity contribution in [3.8, 4) is 22.3 Å². The van der Waals surface area contributed by atoms with Gasteiger partial charge in [-0.3, -0.25) is 0 Å². The molecule has 0 spiro atoms. The third-order valence-corrected chi connectivity index (χ3v) is 11.3.